The van der Waals surface area contributed by atoms with Crippen LogP contribution in [0, 0.1) is 0 Å². The van der Waals surface area contributed by atoms with Gasteiger partial charge in [0.2, 0.25) is 0 Å². The number of ether oxygens (including phenoxy) is 2. The highest BCUT2D eigenvalue weighted by Crippen LogP contribution is 2.28. The molecule has 1 aliphatic heterocycles. The maximum absolute atomic E-state index is 13.1. The van der Waals surface area contributed by atoms with Gasteiger partial charge in [0.15, 0.2) is 5.69 Å². The van der Waals surface area contributed by atoms with Crippen molar-refractivity contribution in [3.63, 3.8) is 0 Å². The second-order valence-corrected chi connectivity index (χ2v) is 8.28. The lowest BCUT2D eigenvalue weighted by Gasteiger charge is -2.26. The number of hydrogen-bond acceptors (Lipinski definition) is 5. The average Bonchev–Trinajstić information content (AvgIpc) is 3.22. The Morgan fingerprint density at radius 2 is 1.91 bits per heavy atom. The summed E-state index contributed by atoms with van der Waals surface area (Å²) in [7, 11) is 1.65. The van der Waals surface area contributed by atoms with Gasteiger partial charge in [0, 0.05) is 31.1 Å². The van der Waals surface area contributed by atoms with Crippen LogP contribution in [0.15, 0.2) is 48.5 Å². The molecule has 170 valence electrons. The molecule has 4 rings (SSSR count). The molecule has 1 unspecified atom stereocenters. The Kier molecular flexibility index (Phi) is 7.39. The lowest BCUT2D eigenvalue weighted by molar-refractivity contribution is 0.0361. The molecule has 1 fully saturated rings. The second kappa shape index (κ2) is 10.6. The zero-order valence-corrected chi connectivity index (χ0v) is 18.9. The van der Waals surface area contributed by atoms with E-state index in [1.54, 1.807) is 7.11 Å². The Morgan fingerprint density at radius 1 is 1.12 bits per heavy atom. The van der Waals surface area contributed by atoms with Crippen molar-refractivity contribution in [1.82, 2.24) is 20.0 Å². The number of benzene rings is 2. The second-order valence-electron chi connectivity index (χ2n) is 8.28. The number of morpholine rings is 1. The summed E-state index contributed by atoms with van der Waals surface area (Å²) in [6, 6.07) is 16.1. The van der Waals surface area contributed by atoms with E-state index in [1.807, 2.05) is 48.0 Å². The van der Waals surface area contributed by atoms with Gasteiger partial charge in [-0.3, -0.25) is 14.4 Å². The average molecular weight is 437 g/mol. The molecule has 2 aromatic carbocycles. The van der Waals surface area contributed by atoms with Crippen LogP contribution in [0.2, 0.25) is 0 Å². The minimum atomic E-state index is -0.145. The molecule has 0 saturated carbocycles. The minimum Gasteiger partial charge on any atom is -0.494 e. The summed E-state index contributed by atoms with van der Waals surface area (Å²) in [5.74, 6) is 0.585. The minimum absolute atomic E-state index is 0.0434. The zero-order valence-electron chi connectivity index (χ0n) is 18.9. The fourth-order valence-electron chi connectivity index (χ4n) is 4.15. The van der Waals surface area contributed by atoms with Crippen LogP contribution in [0.4, 0.5) is 0 Å². The fraction of sp³-hybridized carbons (Fsp3) is 0.440. The molecule has 7 heteroatoms. The predicted octanol–water partition coefficient (Wildman–Crippen LogP) is 3.13. The van der Waals surface area contributed by atoms with Crippen LogP contribution >= 0.6 is 0 Å². The SMILES string of the molecule is COc1cccc2c(C(=O)NC(C)CCc3ccccc3)nn(CCN3CCOCC3)c12. The van der Waals surface area contributed by atoms with Gasteiger partial charge in [0.1, 0.15) is 11.3 Å². The number of hydrogen-bond donors (Lipinski definition) is 1. The molecule has 32 heavy (non-hydrogen) atoms. The van der Waals surface area contributed by atoms with Crippen LogP contribution in [0.1, 0.15) is 29.4 Å². The van der Waals surface area contributed by atoms with Gasteiger partial charge < -0.3 is 14.8 Å². The summed E-state index contributed by atoms with van der Waals surface area (Å²) in [6.07, 6.45) is 1.79. The van der Waals surface area contributed by atoms with Gasteiger partial charge in [-0.05, 0) is 31.4 Å². The normalized spacial score (nSPS) is 15.6. The predicted molar refractivity (Wildman–Crippen MR) is 125 cm³/mol. The van der Waals surface area contributed by atoms with E-state index in [0.717, 1.165) is 62.3 Å². The Balaban J connectivity index is 1.48. The van der Waals surface area contributed by atoms with Crippen molar-refractivity contribution in [2.24, 2.45) is 0 Å². The number of amides is 1. The maximum atomic E-state index is 13.1. The molecule has 1 saturated heterocycles. The molecule has 0 aliphatic carbocycles. The standard InChI is InChI=1S/C25H32N4O3/c1-19(11-12-20-7-4-3-5-8-20)26-25(30)23-21-9-6-10-22(31-2)24(21)29(27-23)14-13-28-15-17-32-18-16-28/h3-10,19H,11-18H2,1-2H3,(H,26,30). The highest BCUT2D eigenvalue weighted by atomic mass is 16.5. The molecule has 0 spiro atoms. The van der Waals surface area contributed by atoms with Crippen LogP contribution in [-0.2, 0) is 17.7 Å². The molecule has 7 nitrogen and oxygen atoms in total. The molecule has 1 atom stereocenters. The van der Waals surface area contributed by atoms with Crippen molar-refractivity contribution in [2.45, 2.75) is 32.4 Å². The quantitative estimate of drug-likeness (QED) is 0.558. The van der Waals surface area contributed by atoms with E-state index >= 15 is 0 Å². The van der Waals surface area contributed by atoms with E-state index in [-0.39, 0.29) is 11.9 Å². The molecular weight excluding hydrogens is 404 g/mol. The number of aryl methyl sites for hydroxylation is 1. The van der Waals surface area contributed by atoms with Crippen molar-refractivity contribution in [1.29, 1.82) is 0 Å². The van der Waals surface area contributed by atoms with Crippen molar-refractivity contribution in [2.75, 3.05) is 40.0 Å². The van der Waals surface area contributed by atoms with Crippen molar-refractivity contribution >= 4 is 16.8 Å². The van der Waals surface area contributed by atoms with Crippen LogP contribution in [0.3, 0.4) is 0 Å². The summed E-state index contributed by atoms with van der Waals surface area (Å²) in [5.41, 5.74) is 2.59. The van der Waals surface area contributed by atoms with Crippen molar-refractivity contribution in [3.05, 3.63) is 59.8 Å². The number of carbonyl (C=O) groups is 1. The summed E-state index contributed by atoms with van der Waals surface area (Å²) >= 11 is 0. The maximum Gasteiger partial charge on any atom is 0.272 e. The van der Waals surface area contributed by atoms with Gasteiger partial charge in [0.05, 0.1) is 26.9 Å². The smallest absolute Gasteiger partial charge is 0.272 e. The number of methoxy groups -OCH3 is 1. The van der Waals surface area contributed by atoms with Gasteiger partial charge >= 0.3 is 0 Å². The van der Waals surface area contributed by atoms with E-state index in [1.165, 1.54) is 5.56 Å². The van der Waals surface area contributed by atoms with E-state index in [4.69, 9.17) is 14.6 Å². The molecular formula is C25H32N4O3. The largest absolute Gasteiger partial charge is 0.494 e. The first kappa shape index (κ1) is 22.3. The zero-order chi connectivity index (χ0) is 22.3. The van der Waals surface area contributed by atoms with Gasteiger partial charge in [-0.1, -0.05) is 42.5 Å². The Labute approximate surface area is 189 Å². The third-order valence-electron chi connectivity index (χ3n) is 5.99. The lowest BCUT2D eigenvalue weighted by Crippen LogP contribution is -2.38. The molecule has 2 heterocycles. The van der Waals surface area contributed by atoms with E-state index in [9.17, 15) is 4.79 Å². The van der Waals surface area contributed by atoms with Crippen LogP contribution < -0.4 is 10.1 Å². The van der Waals surface area contributed by atoms with Crippen LogP contribution in [0.25, 0.3) is 10.9 Å². The number of rotatable bonds is 9. The monoisotopic (exact) mass is 436 g/mol. The van der Waals surface area contributed by atoms with Gasteiger partial charge in [-0.25, -0.2) is 0 Å². The Morgan fingerprint density at radius 3 is 2.66 bits per heavy atom. The van der Waals surface area contributed by atoms with E-state index in [0.29, 0.717) is 12.2 Å². The first-order chi connectivity index (χ1) is 15.7. The molecule has 1 aromatic heterocycles. The molecule has 1 aliphatic rings. The van der Waals surface area contributed by atoms with Crippen LogP contribution in [-0.4, -0.2) is 66.6 Å². The third-order valence-corrected chi connectivity index (χ3v) is 5.99. The first-order valence-corrected chi connectivity index (χ1v) is 11.3. The molecule has 0 radical (unpaired) electrons. The third kappa shape index (κ3) is 5.29. The molecule has 1 N–H and O–H groups in total. The Hall–Kier alpha value is -2.90. The number of carbonyl (C=O) groups excluding carboxylic acids is 1. The number of nitrogens with one attached hydrogen (secondary N) is 1. The van der Waals surface area contributed by atoms with Crippen molar-refractivity contribution in [3.8, 4) is 5.75 Å². The molecule has 1 amide bonds. The number of nitrogens with zero attached hydrogens (tertiary/aromatic N) is 3. The summed E-state index contributed by atoms with van der Waals surface area (Å²) in [5, 5.41) is 8.67. The van der Waals surface area contributed by atoms with Crippen molar-refractivity contribution < 1.29 is 14.3 Å². The highest BCUT2D eigenvalue weighted by molar-refractivity contribution is 6.06. The summed E-state index contributed by atoms with van der Waals surface area (Å²) < 4.78 is 12.9. The van der Waals surface area contributed by atoms with E-state index in [2.05, 4.69) is 22.3 Å². The van der Waals surface area contributed by atoms with Gasteiger partial charge in [0.25, 0.3) is 5.91 Å². The molecule has 3 aromatic rings. The van der Waals surface area contributed by atoms with Crippen LogP contribution in [0.5, 0.6) is 5.75 Å². The van der Waals surface area contributed by atoms with E-state index < -0.39 is 0 Å². The Bertz CT molecular complexity index is 1030. The summed E-state index contributed by atoms with van der Waals surface area (Å²) in [4.78, 5) is 15.5. The molecule has 0 bridgehead atoms. The lowest BCUT2D eigenvalue weighted by atomic mass is 10.1. The van der Waals surface area contributed by atoms with Gasteiger partial charge in [-0.2, -0.15) is 5.10 Å². The highest BCUT2D eigenvalue weighted by Gasteiger charge is 2.21. The number of para-hydroxylation sites is 1. The number of fused-ring (bicyclic) bond motifs is 1. The van der Waals surface area contributed by atoms with Gasteiger partial charge in [-0.15, -0.1) is 0 Å². The topological polar surface area (TPSA) is 68.6 Å². The first-order valence-electron chi connectivity index (χ1n) is 11.3. The fourth-order valence-corrected chi connectivity index (χ4v) is 4.15. The summed E-state index contributed by atoms with van der Waals surface area (Å²) in [6.45, 7) is 6.94. The number of aromatic nitrogens is 2.